The second-order valence-corrected chi connectivity index (χ2v) is 10.6. The number of amides is 1. The molecular weight excluding hydrogens is 486 g/mol. The van der Waals surface area contributed by atoms with E-state index >= 15 is 0 Å². The van der Waals surface area contributed by atoms with E-state index in [1.807, 2.05) is 42.5 Å². The SMILES string of the molecule is C=C(C)C(=O)OCCNC(=O)OC(COc1ccc(C(C(C)C)C(C)CC)cc1)CSc1ccccc1. The van der Waals surface area contributed by atoms with Gasteiger partial charge in [0.1, 0.15) is 25.1 Å². The maximum absolute atomic E-state index is 12.4. The van der Waals surface area contributed by atoms with Gasteiger partial charge in [0.15, 0.2) is 0 Å². The first-order valence-corrected chi connectivity index (χ1v) is 13.9. The summed E-state index contributed by atoms with van der Waals surface area (Å²) in [5, 5.41) is 2.62. The number of thioether (sulfide) groups is 1. The summed E-state index contributed by atoms with van der Waals surface area (Å²) in [4.78, 5) is 24.9. The van der Waals surface area contributed by atoms with Crippen molar-refractivity contribution < 1.29 is 23.8 Å². The van der Waals surface area contributed by atoms with Crippen molar-refractivity contribution in [3.8, 4) is 5.75 Å². The maximum Gasteiger partial charge on any atom is 0.407 e. The van der Waals surface area contributed by atoms with Gasteiger partial charge in [-0.05, 0) is 54.5 Å². The van der Waals surface area contributed by atoms with Crippen molar-refractivity contribution >= 4 is 23.8 Å². The van der Waals surface area contributed by atoms with Gasteiger partial charge in [-0.1, -0.05) is 71.0 Å². The van der Waals surface area contributed by atoms with Gasteiger partial charge >= 0.3 is 12.1 Å². The molecule has 0 aliphatic carbocycles. The molecule has 2 aromatic carbocycles. The van der Waals surface area contributed by atoms with Crippen LogP contribution in [0.3, 0.4) is 0 Å². The maximum atomic E-state index is 12.4. The fraction of sp³-hybridized carbons (Fsp3) is 0.467. The molecule has 0 bridgehead atoms. The topological polar surface area (TPSA) is 73.9 Å². The zero-order valence-corrected chi connectivity index (χ0v) is 23.5. The van der Waals surface area contributed by atoms with Gasteiger partial charge in [0.25, 0.3) is 0 Å². The zero-order chi connectivity index (χ0) is 27.2. The standard InChI is InChI=1S/C30H41NO5S/c1-7-23(6)28(21(2)3)24-13-15-25(16-14-24)35-19-26(20-37-27-11-9-8-10-12-27)36-30(33)31-17-18-34-29(32)22(4)5/h8-16,21,23,26,28H,4,7,17-20H2,1-3,5-6H3,(H,31,33). The summed E-state index contributed by atoms with van der Waals surface area (Å²) in [6.07, 6.45) is 0.0705. The van der Waals surface area contributed by atoms with Crippen molar-refractivity contribution in [2.24, 2.45) is 11.8 Å². The number of rotatable bonds is 15. The molecule has 0 aliphatic heterocycles. The van der Waals surface area contributed by atoms with E-state index in [-0.39, 0.29) is 19.8 Å². The van der Waals surface area contributed by atoms with E-state index in [1.54, 1.807) is 18.7 Å². The molecule has 37 heavy (non-hydrogen) atoms. The van der Waals surface area contributed by atoms with Gasteiger partial charge in [0.2, 0.25) is 0 Å². The molecule has 1 amide bonds. The van der Waals surface area contributed by atoms with Crippen LogP contribution in [0, 0.1) is 11.8 Å². The molecule has 0 spiro atoms. The number of hydrogen-bond donors (Lipinski definition) is 1. The molecule has 2 aromatic rings. The van der Waals surface area contributed by atoms with E-state index in [0.717, 1.165) is 17.1 Å². The average molecular weight is 528 g/mol. The van der Waals surface area contributed by atoms with E-state index < -0.39 is 18.2 Å². The second-order valence-electron chi connectivity index (χ2n) is 9.53. The summed E-state index contributed by atoms with van der Waals surface area (Å²) < 4.78 is 16.7. The molecule has 0 radical (unpaired) electrons. The lowest BCUT2D eigenvalue weighted by atomic mass is 9.78. The van der Waals surface area contributed by atoms with Crippen LogP contribution in [-0.4, -0.2) is 43.7 Å². The number of alkyl carbamates (subject to hydrolysis) is 1. The van der Waals surface area contributed by atoms with Gasteiger partial charge in [-0.25, -0.2) is 9.59 Å². The van der Waals surface area contributed by atoms with Gasteiger partial charge < -0.3 is 19.5 Å². The Morgan fingerprint density at radius 1 is 1.03 bits per heavy atom. The molecule has 0 heterocycles. The minimum Gasteiger partial charge on any atom is -0.490 e. The van der Waals surface area contributed by atoms with Crippen LogP contribution in [0.1, 0.15) is 52.5 Å². The van der Waals surface area contributed by atoms with Crippen molar-refractivity contribution in [3.63, 3.8) is 0 Å². The quantitative estimate of drug-likeness (QED) is 0.118. The summed E-state index contributed by atoms with van der Waals surface area (Å²) >= 11 is 1.59. The highest BCUT2D eigenvalue weighted by atomic mass is 32.2. The number of carbonyl (C=O) groups is 2. The Morgan fingerprint density at radius 3 is 2.30 bits per heavy atom. The zero-order valence-electron chi connectivity index (χ0n) is 22.7. The van der Waals surface area contributed by atoms with E-state index in [2.05, 4.69) is 51.7 Å². The molecule has 3 atom stereocenters. The first kappa shape index (κ1) is 30.3. The van der Waals surface area contributed by atoms with Crippen LogP contribution < -0.4 is 10.1 Å². The lowest BCUT2D eigenvalue weighted by Crippen LogP contribution is -2.35. The van der Waals surface area contributed by atoms with E-state index in [0.29, 0.717) is 29.1 Å². The van der Waals surface area contributed by atoms with Crippen LogP contribution in [-0.2, 0) is 14.3 Å². The van der Waals surface area contributed by atoms with E-state index in [1.165, 1.54) is 5.56 Å². The van der Waals surface area contributed by atoms with Crippen molar-refractivity contribution in [1.82, 2.24) is 5.32 Å². The summed E-state index contributed by atoms with van der Waals surface area (Å²) in [5.41, 5.74) is 1.63. The molecule has 7 heteroatoms. The molecule has 0 aromatic heterocycles. The third-order valence-corrected chi connectivity index (χ3v) is 7.23. The Morgan fingerprint density at radius 2 is 1.70 bits per heavy atom. The Hall–Kier alpha value is -2.93. The molecule has 0 saturated carbocycles. The van der Waals surface area contributed by atoms with Gasteiger partial charge in [0.05, 0.1) is 6.54 Å². The Labute approximate surface area is 226 Å². The third-order valence-electron chi connectivity index (χ3n) is 6.08. The Balaban J connectivity index is 1.95. The molecule has 6 nitrogen and oxygen atoms in total. The molecule has 0 fully saturated rings. The number of esters is 1. The molecule has 1 N–H and O–H groups in total. The highest BCUT2D eigenvalue weighted by molar-refractivity contribution is 7.99. The predicted octanol–water partition coefficient (Wildman–Crippen LogP) is 6.86. The second kappa shape index (κ2) is 16.0. The highest BCUT2D eigenvalue weighted by Crippen LogP contribution is 2.34. The van der Waals surface area contributed by atoms with Crippen molar-refractivity contribution in [2.45, 2.75) is 58.0 Å². The van der Waals surface area contributed by atoms with Crippen LogP contribution in [0.15, 0.2) is 71.6 Å². The van der Waals surface area contributed by atoms with Gasteiger partial charge in [-0.3, -0.25) is 0 Å². The molecule has 202 valence electrons. The summed E-state index contributed by atoms with van der Waals surface area (Å²) in [6.45, 7) is 14.6. The molecular formula is C30H41NO5S. The van der Waals surface area contributed by atoms with Crippen LogP contribution in [0.2, 0.25) is 0 Å². The van der Waals surface area contributed by atoms with Gasteiger partial charge in [0, 0.05) is 16.2 Å². The number of hydrogen-bond acceptors (Lipinski definition) is 6. The lowest BCUT2D eigenvalue weighted by Gasteiger charge is -2.27. The van der Waals surface area contributed by atoms with Crippen molar-refractivity contribution in [1.29, 1.82) is 0 Å². The number of nitrogens with one attached hydrogen (secondary N) is 1. The van der Waals surface area contributed by atoms with Crippen molar-refractivity contribution in [3.05, 3.63) is 72.3 Å². The molecule has 3 unspecified atom stereocenters. The number of benzene rings is 2. The number of carbonyl (C=O) groups excluding carboxylic acids is 2. The van der Waals surface area contributed by atoms with E-state index in [4.69, 9.17) is 14.2 Å². The fourth-order valence-electron chi connectivity index (χ4n) is 4.03. The molecule has 0 saturated heterocycles. The highest BCUT2D eigenvalue weighted by Gasteiger charge is 2.22. The monoisotopic (exact) mass is 527 g/mol. The van der Waals surface area contributed by atoms with Crippen LogP contribution in [0.4, 0.5) is 4.79 Å². The minimum atomic E-state index is -0.586. The minimum absolute atomic E-state index is 0.0428. The van der Waals surface area contributed by atoms with Crippen LogP contribution in [0.25, 0.3) is 0 Å². The number of ether oxygens (including phenoxy) is 3. The van der Waals surface area contributed by atoms with E-state index in [9.17, 15) is 9.59 Å². The lowest BCUT2D eigenvalue weighted by molar-refractivity contribution is -0.138. The summed E-state index contributed by atoms with van der Waals surface area (Å²) in [6, 6.07) is 18.2. The van der Waals surface area contributed by atoms with Gasteiger partial charge in [-0.2, -0.15) is 0 Å². The smallest absolute Gasteiger partial charge is 0.407 e. The summed E-state index contributed by atoms with van der Waals surface area (Å²) in [7, 11) is 0. The first-order chi connectivity index (χ1) is 17.7. The predicted molar refractivity (Wildman–Crippen MR) is 150 cm³/mol. The Bertz CT molecular complexity index is 977. The van der Waals surface area contributed by atoms with Gasteiger partial charge in [-0.15, -0.1) is 11.8 Å². The normalized spacial score (nSPS) is 13.4. The molecule has 0 aliphatic rings. The largest absolute Gasteiger partial charge is 0.490 e. The van der Waals surface area contributed by atoms with Crippen LogP contribution in [0.5, 0.6) is 5.75 Å². The van der Waals surface area contributed by atoms with Crippen LogP contribution >= 0.6 is 11.8 Å². The Kier molecular flexibility index (Phi) is 13.1. The fourth-order valence-corrected chi connectivity index (χ4v) is 4.93. The summed E-state index contributed by atoms with van der Waals surface area (Å²) in [5.74, 6) is 2.43. The first-order valence-electron chi connectivity index (χ1n) is 12.9. The van der Waals surface area contributed by atoms with Crippen molar-refractivity contribution in [2.75, 3.05) is 25.5 Å². The average Bonchev–Trinajstić information content (AvgIpc) is 2.89. The third kappa shape index (κ3) is 10.9. The molecule has 2 rings (SSSR count).